The third kappa shape index (κ3) is 11.4. The minimum Gasteiger partial charge on any atom is -0.345 e. The molecule has 0 unspecified atom stereocenters. The third-order valence-electron chi connectivity index (χ3n) is 10.7. The Morgan fingerprint density at radius 3 is 1.63 bits per heavy atom. The highest BCUT2D eigenvalue weighted by molar-refractivity contribution is 7.22. The topological polar surface area (TPSA) is 9.72 Å². The van der Waals surface area contributed by atoms with Gasteiger partial charge < -0.3 is 14.7 Å². The predicted octanol–water partition coefficient (Wildman–Crippen LogP) is 16.7. The predicted molar refractivity (Wildman–Crippen MR) is 277 cm³/mol. The fourth-order valence-corrected chi connectivity index (χ4v) is 8.12. The van der Waals surface area contributed by atoms with Gasteiger partial charge in [-0.1, -0.05) is 167 Å². The van der Waals surface area contributed by atoms with Crippen molar-refractivity contribution in [2.24, 2.45) is 0 Å². The van der Waals surface area contributed by atoms with Crippen LogP contribution in [0.2, 0.25) is 0 Å². The molecule has 1 aliphatic rings. The summed E-state index contributed by atoms with van der Waals surface area (Å²) in [5, 5.41) is 3.86. The number of hydrogen-bond donors (Lipinski definition) is 0. The molecule has 62 heavy (non-hydrogen) atoms. The number of rotatable bonds is 9. The standard InChI is InChI=1S/C21H17NS.C20H19N.C15H15N.C2H6/c1-22(18-8-3-2-4-9-18)19-13-11-16(12-14-19)21-15-17-7-5-6-10-20(17)23-21;1-3-16-8-6-11-18(15-14-16)21(2)20-13-7-10-17-9-4-5-12-19(17)20;1-3-13-9-11-15(12-10-13)16(2)14-7-5-4-6-8-14;1-2/h2-15H,1H3;3-7,9-15H,1,8H2,2H3;3-12H,1H2,2H3;1-2H3. The maximum Gasteiger partial charge on any atom is 0.0487 e. The van der Waals surface area contributed by atoms with Gasteiger partial charge in [-0.15, -0.1) is 11.3 Å². The summed E-state index contributed by atoms with van der Waals surface area (Å²) in [7, 11) is 6.28. The number of benzene rings is 7. The van der Waals surface area contributed by atoms with Crippen molar-refractivity contribution in [3.05, 3.63) is 242 Å². The van der Waals surface area contributed by atoms with E-state index in [9.17, 15) is 0 Å². The Kier molecular flexibility index (Phi) is 16.1. The monoisotopic (exact) mass is 827 g/mol. The maximum atomic E-state index is 3.85. The molecule has 0 spiro atoms. The van der Waals surface area contributed by atoms with Crippen LogP contribution in [0.3, 0.4) is 0 Å². The van der Waals surface area contributed by atoms with Gasteiger partial charge in [-0.2, -0.15) is 0 Å². The van der Waals surface area contributed by atoms with Crippen LogP contribution in [0.5, 0.6) is 0 Å². The molecule has 9 rings (SSSR count). The number of para-hydroxylation sites is 2. The van der Waals surface area contributed by atoms with Crippen molar-refractivity contribution in [2.45, 2.75) is 20.3 Å². The highest BCUT2D eigenvalue weighted by atomic mass is 32.1. The lowest BCUT2D eigenvalue weighted by molar-refractivity contribution is 1.15. The zero-order valence-electron chi connectivity index (χ0n) is 36.7. The van der Waals surface area contributed by atoms with Crippen molar-refractivity contribution in [1.82, 2.24) is 0 Å². The first kappa shape index (κ1) is 44.4. The molecular formula is C58H57N3S. The first-order valence-electron chi connectivity index (χ1n) is 21.2. The molecule has 0 amide bonds. The van der Waals surface area contributed by atoms with E-state index < -0.39 is 0 Å². The van der Waals surface area contributed by atoms with Gasteiger partial charge in [0, 0.05) is 70.2 Å². The average molecular weight is 828 g/mol. The van der Waals surface area contributed by atoms with Gasteiger partial charge in [-0.3, -0.25) is 0 Å². The lowest BCUT2D eigenvalue weighted by Crippen LogP contribution is -2.15. The molecule has 0 saturated heterocycles. The van der Waals surface area contributed by atoms with E-state index in [1.165, 1.54) is 71.0 Å². The first-order valence-corrected chi connectivity index (χ1v) is 22.0. The van der Waals surface area contributed by atoms with E-state index in [-0.39, 0.29) is 0 Å². The van der Waals surface area contributed by atoms with E-state index in [1.54, 1.807) is 0 Å². The second-order valence-electron chi connectivity index (χ2n) is 14.5. The highest BCUT2D eigenvalue weighted by Crippen LogP contribution is 2.35. The summed E-state index contributed by atoms with van der Waals surface area (Å²) in [5.74, 6) is 0. The van der Waals surface area contributed by atoms with Crippen molar-refractivity contribution in [1.29, 1.82) is 0 Å². The van der Waals surface area contributed by atoms with Gasteiger partial charge in [0.2, 0.25) is 0 Å². The van der Waals surface area contributed by atoms with Crippen molar-refractivity contribution in [2.75, 3.05) is 35.8 Å². The van der Waals surface area contributed by atoms with E-state index in [4.69, 9.17) is 0 Å². The summed E-state index contributed by atoms with van der Waals surface area (Å²) >= 11 is 1.85. The summed E-state index contributed by atoms with van der Waals surface area (Å²) in [5.41, 5.74) is 10.8. The molecule has 8 aromatic rings. The van der Waals surface area contributed by atoms with Crippen LogP contribution in [-0.4, -0.2) is 21.1 Å². The summed E-state index contributed by atoms with van der Waals surface area (Å²) < 4.78 is 1.34. The van der Waals surface area contributed by atoms with Crippen molar-refractivity contribution in [3.8, 4) is 10.4 Å². The van der Waals surface area contributed by atoms with Crippen LogP contribution in [0, 0.1) is 0 Å². The lowest BCUT2D eigenvalue weighted by Gasteiger charge is -2.22. The smallest absolute Gasteiger partial charge is 0.0487 e. The molecule has 310 valence electrons. The number of nitrogens with zero attached hydrogens (tertiary/aromatic N) is 3. The van der Waals surface area contributed by atoms with Gasteiger partial charge in [0.05, 0.1) is 0 Å². The molecule has 0 saturated carbocycles. The van der Waals surface area contributed by atoms with Crippen molar-refractivity contribution < 1.29 is 0 Å². The summed E-state index contributed by atoms with van der Waals surface area (Å²) in [4.78, 5) is 7.92. The normalized spacial score (nSPS) is 11.5. The second-order valence-corrected chi connectivity index (χ2v) is 15.6. The van der Waals surface area contributed by atoms with Gasteiger partial charge in [0.15, 0.2) is 0 Å². The van der Waals surface area contributed by atoms with Gasteiger partial charge in [0.1, 0.15) is 0 Å². The summed E-state index contributed by atoms with van der Waals surface area (Å²) in [6, 6.07) is 63.6. The first-order chi connectivity index (χ1) is 30.4. The maximum absolute atomic E-state index is 3.85. The van der Waals surface area contributed by atoms with Gasteiger partial charge >= 0.3 is 0 Å². The number of thiophene rings is 1. The lowest BCUT2D eigenvalue weighted by atomic mass is 10.1. The quantitative estimate of drug-likeness (QED) is 0.144. The van der Waals surface area contributed by atoms with Crippen LogP contribution >= 0.6 is 11.3 Å². The molecule has 0 N–H and O–H groups in total. The Morgan fingerprint density at radius 1 is 0.500 bits per heavy atom. The van der Waals surface area contributed by atoms with Gasteiger partial charge in [-0.05, 0) is 113 Å². The minimum absolute atomic E-state index is 0.937. The number of hydrogen-bond acceptors (Lipinski definition) is 4. The fourth-order valence-electron chi connectivity index (χ4n) is 7.06. The Balaban J connectivity index is 0.000000154. The SMILES string of the molecule is C=CC1=CC=C(N(C)c2cccc3ccccc23)C=CC1.C=Cc1ccc(N(C)c2ccccc2)cc1.CC.CN(c1ccccc1)c1ccc(-c2cc3ccccc3s2)cc1. The highest BCUT2D eigenvalue weighted by Gasteiger charge is 2.10. The number of fused-ring (bicyclic) bond motifs is 2. The zero-order chi connectivity index (χ0) is 43.7. The van der Waals surface area contributed by atoms with Crippen LogP contribution in [0.1, 0.15) is 25.8 Å². The molecule has 3 nitrogen and oxygen atoms in total. The van der Waals surface area contributed by atoms with E-state index >= 15 is 0 Å². The van der Waals surface area contributed by atoms with Gasteiger partial charge in [0.25, 0.3) is 0 Å². The molecule has 1 heterocycles. The minimum atomic E-state index is 0.937. The molecule has 1 aromatic heterocycles. The summed E-state index contributed by atoms with van der Waals surface area (Å²) in [6.45, 7) is 11.6. The van der Waals surface area contributed by atoms with Gasteiger partial charge in [-0.25, -0.2) is 0 Å². The van der Waals surface area contributed by atoms with Crippen LogP contribution in [0.15, 0.2) is 237 Å². The Bertz CT molecular complexity index is 2700. The number of likely N-dealkylation sites (N-methyl/N-ethyl adjacent to an activating group) is 1. The fraction of sp³-hybridized carbons (Fsp3) is 0.103. The molecule has 4 heteroatoms. The Hall–Kier alpha value is -7.14. The Labute approximate surface area is 373 Å². The average Bonchev–Trinajstić information content (AvgIpc) is 3.65. The van der Waals surface area contributed by atoms with Crippen molar-refractivity contribution in [3.63, 3.8) is 0 Å². The Morgan fingerprint density at radius 2 is 1.03 bits per heavy atom. The molecule has 0 bridgehead atoms. The van der Waals surface area contributed by atoms with E-state index in [2.05, 4.69) is 231 Å². The third-order valence-corrected chi connectivity index (χ3v) is 11.8. The molecule has 0 aliphatic heterocycles. The number of anilines is 5. The summed E-state index contributed by atoms with van der Waals surface area (Å²) in [6.07, 6.45) is 13.4. The van der Waals surface area contributed by atoms with E-state index in [0.717, 1.165) is 12.0 Å². The van der Waals surface area contributed by atoms with Crippen molar-refractivity contribution >= 4 is 66.7 Å². The van der Waals surface area contributed by atoms with E-state index in [1.807, 2.05) is 61.6 Å². The van der Waals surface area contributed by atoms with Crippen LogP contribution in [-0.2, 0) is 0 Å². The van der Waals surface area contributed by atoms with Crippen LogP contribution in [0.25, 0.3) is 37.4 Å². The zero-order valence-corrected chi connectivity index (χ0v) is 37.5. The van der Waals surface area contributed by atoms with Crippen LogP contribution < -0.4 is 14.7 Å². The van der Waals surface area contributed by atoms with Crippen LogP contribution in [0.4, 0.5) is 28.4 Å². The molecular weight excluding hydrogens is 771 g/mol. The molecule has 0 radical (unpaired) electrons. The van der Waals surface area contributed by atoms with E-state index in [0.29, 0.717) is 0 Å². The largest absolute Gasteiger partial charge is 0.345 e. The molecule has 7 aromatic carbocycles. The molecule has 1 aliphatic carbocycles. The number of allylic oxidation sites excluding steroid dienone is 6. The molecule has 0 fully saturated rings. The molecule has 0 atom stereocenters. The second kappa shape index (κ2) is 22.5.